The Hall–Kier alpha value is -3.06. The van der Waals surface area contributed by atoms with Crippen LogP contribution in [0, 0.1) is 0 Å². The van der Waals surface area contributed by atoms with E-state index in [9.17, 15) is 9.59 Å². The number of carbonyl (C=O) groups is 2. The molecule has 0 aromatic heterocycles. The molecule has 0 fully saturated rings. The molecule has 8 heteroatoms. The van der Waals surface area contributed by atoms with Crippen molar-refractivity contribution >= 4 is 29.3 Å². The molecular formula is C19H19ClN4O3. The molecule has 27 heavy (non-hydrogen) atoms. The van der Waals surface area contributed by atoms with Gasteiger partial charge in [-0.05, 0) is 30.2 Å². The molecule has 3 amide bonds. The maximum Gasteiger partial charge on any atom is 0.335 e. The molecule has 7 nitrogen and oxygen atoms in total. The highest BCUT2D eigenvalue weighted by atomic mass is 35.5. The number of hydrogen-bond acceptors (Lipinski definition) is 4. The first kappa shape index (κ1) is 18.7. The number of carbonyl (C=O) groups excluding carboxylic acids is 2. The van der Waals surface area contributed by atoms with Gasteiger partial charge in [-0.15, -0.1) is 0 Å². The summed E-state index contributed by atoms with van der Waals surface area (Å²) in [5.74, 6) is 0.196. The second-order valence-corrected chi connectivity index (χ2v) is 6.28. The summed E-state index contributed by atoms with van der Waals surface area (Å²) in [4.78, 5) is 23.0. The Bertz CT molecular complexity index is 855. The fourth-order valence-corrected chi connectivity index (χ4v) is 2.75. The lowest BCUT2D eigenvalue weighted by Gasteiger charge is -2.15. The van der Waals surface area contributed by atoms with Crippen LogP contribution >= 0.6 is 11.6 Å². The van der Waals surface area contributed by atoms with Gasteiger partial charge in [-0.2, -0.15) is 5.10 Å². The van der Waals surface area contributed by atoms with Crippen LogP contribution in [0.2, 0.25) is 5.02 Å². The van der Waals surface area contributed by atoms with Crippen LogP contribution < -0.4 is 20.8 Å². The maximum atomic E-state index is 11.9. The van der Waals surface area contributed by atoms with Crippen molar-refractivity contribution in [3.8, 4) is 5.75 Å². The van der Waals surface area contributed by atoms with Gasteiger partial charge in [0.25, 0.3) is 5.91 Å². The minimum absolute atomic E-state index is 0.119. The monoisotopic (exact) mass is 386 g/mol. The van der Waals surface area contributed by atoms with Gasteiger partial charge in [-0.3, -0.25) is 4.79 Å². The number of rotatable bonds is 7. The van der Waals surface area contributed by atoms with Crippen LogP contribution in [0.25, 0.3) is 0 Å². The summed E-state index contributed by atoms with van der Waals surface area (Å²) in [6.45, 7) is 0.732. The Morgan fingerprint density at radius 2 is 2.04 bits per heavy atom. The summed E-state index contributed by atoms with van der Waals surface area (Å²) < 4.78 is 5.49. The first-order chi connectivity index (χ1) is 13.1. The zero-order chi connectivity index (χ0) is 19.1. The van der Waals surface area contributed by atoms with Gasteiger partial charge in [-0.25, -0.2) is 10.2 Å². The van der Waals surface area contributed by atoms with E-state index in [1.165, 1.54) is 0 Å². The average Bonchev–Trinajstić information content (AvgIpc) is 2.68. The molecule has 0 atom stereocenters. The predicted octanol–water partition coefficient (Wildman–Crippen LogP) is 2.09. The fraction of sp³-hybridized carbons (Fsp3) is 0.211. The van der Waals surface area contributed by atoms with Gasteiger partial charge in [-0.1, -0.05) is 41.9 Å². The number of amides is 3. The van der Waals surface area contributed by atoms with Gasteiger partial charge >= 0.3 is 6.03 Å². The van der Waals surface area contributed by atoms with Crippen LogP contribution in [0.4, 0.5) is 4.79 Å². The van der Waals surface area contributed by atoms with E-state index in [1.807, 2.05) is 30.3 Å². The zero-order valence-electron chi connectivity index (χ0n) is 14.5. The predicted molar refractivity (Wildman–Crippen MR) is 103 cm³/mol. The third-order valence-corrected chi connectivity index (χ3v) is 4.21. The first-order valence-electron chi connectivity index (χ1n) is 8.45. The molecule has 0 spiro atoms. The Labute approximate surface area is 161 Å². The van der Waals surface area contributed by atoms with Crippen molar-refractivity contribution < 1.29 is 14.3 Å². The molecule has 0 unspecified atom stereocenters. The van der Waals surface area contributed by atoms with E-state index >= 15 is 0 Å². The van der Waals surface area contributed by atoms with Crippen LogP contribution in [0.3, 0.4) is 0 Å². The van der Waals surface area contributed by atoms with E-state index < -0.39 is 0 Å². The standard InChI is InChI=1S/C19H19ClN4O3/c20-15-10-14(16-11-22-19(26)24-23-16)6-7-17(15)27-12-18(25)21-9-8-13-4-2-1-3-5-13/h1-7,10H,8-9,11-12H2,(H,21,25)(H2,22,24,26). The molecule has 2 aromatic carbocycles. The molecule has 0 radical (unpaired) electrons. The molecule has 2 aromatic rings. The number of urea groups is 1. The molecule has 140 valence electrons. The largest absolute Gasteiger partial charge is 0.482 e. The Kier molecular flexibility index (Phi) is 6.27. The fourth-order valence-electron chi connectivity index (χ4n) is 2.51. The molecule has 0 saturated heterocycles. The summed E-state index contributed by atoms with van der Waals surface area (Å²) in [7, 11) is 0. The van der Waals surface area contributed by atoms with Crippen LogP contribution in [0.15, 0.2) is 53.6 Å². The molecule has 0 aliphatic carbocycles. The van der Waals surface area contributed by atoms with E-state index in [0.717, 1.165) is 17.5 Å². The minimum Gasteiger partial charge on any atom is -0.482 e. The molecule has 1 heterocycles. The third-order valence-electron chi connectivity index (χ3n) is 3.91. The lowest BCUT2D eigenvalue weighted by Crippen LogP contribution is -2.42. The number of halogens is 1. The van der Waals surface area contributed by atoms with Crippen molar-refractivity contribution in [2.75, 3.05) is 19.7 Å². The summed E-state index contributed by atoms with van der Waals surface area (Å²) in [6.07, 6.45) is 0.759. The van der Waals surface area contributed by atoms with Crippen LogP contribution in [-0.4, -0.2) is 37.3 Å². The SMILES string of the molecule is O=C(COc1ccc(C2=NNC(=O)NC2)cc1Cl)NCCc1ccccc1. The van der Waals surface area contributed by atoms with E-state index in [1.54, 1.807) is 18.2 Å². The Balaban J connectivity index is 1.47. The van der Waals surface area contributed by atoms with Crippen molar-refractivity contribution in [2.45, 2.75) is 6.42 Å². The van der Waals surface area contributed by atoms with Crippen LogP contribution in [-0.2, 0) is 11.2 Å². The van der Waals surface area contributed by atoms with Crippen molar-refractivity contribution in [3.05, 3.63) is 64.7 Å². The van der Waals surface area contributed by atoms with E-state index in [0.29, 0.717) is 29.6 Å². The molecule has 1 aliphatic rings. The van der Waals surface area contributed by atoms with Crippen LogP contribution in [0.5, 0.6) is 5.75 Å². The van der Waals surface area contributed by atoms with E-state index in [4.69, 9.17) is 16.3 Å². The van der Waals surface area contributed by atoms with Gasteiger partial charge in [0.1, 0.15) is 5.75 Å². The highest BCUT2D eigenvalue weighted by Crippen LogP contribution is 2.25. The molecular weight excluding hydrogens is 368 g/mol. The van der Waals surface area contributed by atoms with Crippen molar-refractivity contribution in [2.24, 2.45) is 5.10 Å². The van der Waals surface area contributed by atoms with Crippen molar-refractivity contribution in [1.82, 2.24) is 16.1 Å². The van der Waals surface area contributed by atoms with Crippen molar-refractivity contribution in [1.29, 1.82) is 0 Å². The number of ether oxygens (including phenoxy) is 1. The summed E-state index contributed by atoms with van der Waals surface area (Å²) in [5, 5.41) is 9.78. The number of nitrogens with one attached hydrogen (secondary N) is 3. The zero-order valence-corrected chi connectivity index (χ0v) is 15.3. The lowest BCUT2D eigenvalue weighted by molar-refractivity contribution is -0.123. The van der Waals surface area contributed by atoms with Gasteiger partial charge < -0.3 is 15.4 Å². The minimum atomic E-state index is -0.344. The molecule has 0 saturated carbocycles. The second-order valence-electron chi connectivity index (χ2n) is 5.87. The summed E-state index contributed by atoms with van der Waals surface area (Å²) in [5.41, 5.74) is 4.92. The first-order valence-corrected chi connectivity index (χ1v) is 8.83. The molecule has 3 rings (SSSR count). The highest BCUT2D eigenvalue weighted by Gasteiger charge is 2.14. The normalized spacial score (nSPS) is 13.2. The maximum absolute atomic E-state index is 11.9. The number of benzene rings is 2. The van der Waals surface area contributed by atoms with Crippen LogP contribution in [0.1, 0.15) is 11.1 Å². The number of hydrazone groups is 1. The number of hydrogen-bond donors (Lipinski definition) is 3. The van der Waals surface area contributed by atoms with E-state index in [-0.39, 0.29) is 18.5 Å². The Morgan fingerprint density at radius 3 is 2.74 bits per heavy atom. The topological polar surface area (TPSA) is 91.8 Å². The van der Waals surface area contributed by atoms with Crippen molar-refractivity contribution in [3.63, 3.8) is 0 Å². The van der Waals surface area contributed by atoms with Gasteiger partial charge in [0.05, 0.1) is 17.3 Å². The van der Waals surface area contributed by atoms with E-state index in [2.05, 4.69) is 21.2 Å². The smallest absolute Gasteiger partial charge is 0.335 e. The Morgan fingerprint density at radius 1 is 1.22 bits per heavy atom. The lowest BCUT2D eigenvalue weighted by atomic mass is 10.1. The molecule has 1 aliphatic heterocycles. The third kappa shape index (κ3) is 5.46. The second kappa shape index (κ2) is 9.05. The van der Waals surface area contributed by atoms with Gasteiger partial charge in [0, 0.05) is 12.1 Å². The summed E-state index contributed by atoms with van der Waals surface area (Å²) >= 11 is 6.23. The highest BCUT2D eigenvalue weighted by molar-refractivity contribution is 6.32. The van der Waals surface area contributed by atoms with Gasteiger partial charge in [0.2, 0.25) is 0 Å². The summed E-state index contributed by atoms with van der Waals surface area (Å²) in [6, 6.07) is 14.7. The van der Waals surface area contributed by atoms with Gasteiger partial charge in [0.15, 0.2) is 6.61 Å². The molecule has 0 bridgehead atoms. The number of nitrogens with zero attached hydrogens (tertiary/aromatic N) is 1. The molecule has 3 N–H and O–H groups in total. The quantitative estimate of drug-likeness (QED) is 0.680. The average molecular weight is 387 g/mol.